The summed E-state index contributed by atoms with van der Waals surface area (Å²) in [5.74, 6) is 0.547. The SMILES string of the molecule is CCCCCCCCCCCCN1C(=O)/C(=C\c2c(N(CCC)CCC)nc3ccc(C)cn3c2=O)SC1=S. The van der Waals surface area contributed by atoms with Crippen LogP contribution in [0.1, 0.15) is 109 Å². The van der Waals surface area contributed by atoms with E-state index in [0.717, 1.165) is 44.3 Å². The summed E-state index contributed by atoms with van der Waals surface area (Å²) in [5.41, 5.74) is 1.89. The maximum Gasteiger partial charge on any atom is 0.267 e. The van der Waals surface area contributed by atoms with Crippen LogP contribution in [0.5, 0.6) is 0 Å². The molecule has 2 aromatic rings. The molecule has 2 aromatic heterocycles. The molecule has 1 saturated heterocycles. The van der Waals surface area contributed by atoms with E-state index in [-0.39, 0.29) is 11.5 Å². The van der Waals surface area contributed by atoms with E-state index in [1.165, 1.54) is 63.1 Å². The van der Waals surface area contributed by atoms with Gasteiger partial charge in [-0.25, -0.2) is 4.98 Å². The predicted molar refractivity (Wildman–Crippen MR) is 171 cm³/mol. The highest BCUT2D eigenvalue weighted by atomic mass is 32.2. The number of nitrogens with zero attached hydrogens (tertiary/aromatic N) is 4. The zero-order valence-electron chi connectivity index (χ0n) is 24.3. The van der Waals surface area contributed by atoms with Crippen LogP contribution >= 0.6 is 24.0 Å². The molecular weight excluding hydrogens is 525 g/mol. The number of thiocarbonyl (C=S) groups is 1. The fraction of sp³-hybridized carbons (Fsp3) is 0.613. The van der Waals surface area contributed by atoms with Gasteiger partial charge in [0, 0.05) is 25.8 Å². The lowest BCUT2D eigenvalue weighted by Crippen LogP contribution is -2.31. The summed E-state index contributed by atoms with van der Waals surface area (Å²) in [6.07, 6.45) is 17.9. The number of carbonyl (C=O) groups excluding carboxylic acids is 1. The lowest BCUT2D eigenvalue weighted by Gasteiger charge is -2.24. The van der Waals surface area contributed by atoms with Crippen molar-refractivity contribution in [3.63, 3.8) is 0 Å². The van der Waals surface area contributed by atoms with Crippen molar-refractivity contribution in [2.75, 3.05) is 24.5 Å². The van der Waals surface area contributed by atoms with Gasteiger partial charge in [0.05, 0.1) is 10.5 Å². The first kappa shape index (κ1) is 31.3. The van der Waals surface area contributed by atoms with Crippen molar-refractivity contribution in [1.82, 2.24) is 14.3 Å². The molecule has 0 bridgehead atoms. The summed E-state index contributed by atoms with van der Waals surface area (Å²) in [4.78, 5) is 36.4. The summed E-state index contributed by atoms with van der Waals surface area (Å²) in [7, 11) is 0. The molecule has 3 heterocycles. The molecule has 0 spiro atoms. The van der Waals surface area contributed by atoms with Crippen molar-refractivity contribution in [3.8, 4) is 0 Å². The molecule has 214 valence electrons. The fourth-order valence-electron chi connectivity index (χ4n) is 5.06. The van der Waals surface area contributed by atoms with E-state index < -0.39 is 0 Å². The summed E-state index contributed by atoms with van der Waals surface area (Å²) in [6, 6.07) is 3.85. The number of unbranched alkanes of at least 4 members (excludes halogenated alkanes) is 9. The molecule has 1 aliphatic heterocycles. The molecule has 1 fully saturated rings. The minimum atomic E-state index is -0.157. The smallest absolute Gasteiger partial charge is 0.267 e. The Labute approximate surface area is 244 Å². The number of fused-ring (bicyclic) bond motifs is 1. The van der Waals surface area contributed by atoms with Gasteiger partial charge in [0.1, 0.15) is 15.8 Å². The van der Waals surface area contributed by atoms with Crippen molar-refractivity contribution in [1.29, 1.82) is 0 Å². The molecule has 39 heavy (non-hydrogen) atoms. The third kappa shape index (κ3) is 8.65. The molecule has 0 unspecified atom stereocenters. The number of anilines is 1. The Kier molecular flexibility index (Phi) is 13.0. The Morgan fingerprint density at radius 2 is 1.51 bits per heavy atom. The van der Waals surface area contributed by atoms with Crippen LogP contribution in [0, 0.1) is 6.92 Å². The molecule has 0 radical (unpaired) electrons. The minimum Gasteiger partial charge on any atom is -0.356 e. The predicted octanol–water partition coefficient (Wildman–Crippen LogP) is 7.75. The van der Waals surface area contributed by atoms with Gasteiger partial charge < -0.3 is 4.90 Å². The first-order valence-electron chi connectivity index (χ1n) is 14.9. The van der Waals surface area contributed by atoms with E-state index in [0.29, 0.717) is 32.8 Å². The number of hydrogen-bond acceptors (Lipinski definition) is 6. The van der Waals surface area contributed by atoms with Gasteiger partial charge in [0.25, 0.3) is 11.5 Å². The Morgan fingerprint density at radius 3 is 2.13 bits per heavy atom. The largest absolute Gasteiger partial charge is 0.356 e. The van der Waals surface area contributed by atoms with Crippen LogP contribution in [0.4, 0.5) is 5.82 Å². The van der Waals surface area contributed by atoms with Crippen LogP contribution in [0.3, 0.4) is 0 Å². The number of rotatable bonds is 17. The van der Waals surface area contributed by atoms with Crippen molar-refractivity contribution in [3.05, 3.63) is 44.7 Å². The van der Waals surface area contributed by atoms with Gasteiger partial charge in [0.15, 0.2) is 0 Å². The minimum absolute atomic E-state index is 0.0989. The zero-order chi connectivity index (χ0) is 28.2. The second-order valence-electron chi connectivity index (χ2n) is 10.6. The molecule has 0 aromatic carbocycles. The average molecular weight is 571 g/mol. The Morgan fingerprint density at radius 1 is 0.897 bits per heavy atom. The third-order valence-electron chi connectivity index (χ3n) is 7.16. The Balaban J connectivity index is 1.73. The van der Waals surface area contributed by atoms with Gasteiger partial charge in [-0.2, -0.15) is 0 Å². The maximum atomic E-state index is 13.7. The lowest BCUT2D eigenvalue weighted by molar-refractivity contribution is -0.122. The van der Waals surface area contributed by atoms with E-state index in [1.807, 2.05) is 25.3 Å². The Hall–Kier alpha value is -2.19. The molecule has 3 rings (SSSR count). The topological polar surface area (TPSA) is 57.9 Å². The van der Waals surface area contributed by atoms with Gasteiger partial charge in [-0.05, 0) is 43.9 Å². The molecule has 0 aliphatic carbocycles. The summed E-state index contributed by atoms with van der Waals surface area (Å²) < 4.78 is 2.16. The van der Waals surface area contributed by atoms with Crippen LogP contribution < -0.4 is 10.5 Å². The number of carbonyl (C=O) groups is 1. The van der Waals surface area contributed by atoms with Crippen molar-refractivity contribution < 1.29 is 4.79 Å². The van der Waals surface area contributed by atoms with E-state index in [9.17, 15) is 9.59 Å². The summed E-state index contributed by atoms with van der Waals surface area (Å²) >= 11 is 6.89. The highest BCUT2D eigenvalue weighted by Gasteiger charge is 2.32. The van der Waals surface area contributed by atoms with Gasteiger partial charge in [-0.15, -0.1) is 0 Å². The zero-order valence-corrected chi connectivity index (χ0v) is 26.0. The number of thioether (sulfide) groups is 1. The van der Waals surface area contributed by atoms with Gasteiger partial charge in [-0.1, -0.05) is 109 Å². The number of hydrogen-bond donors (Lipinski definition) is 0. The van der Waals surface area contributed by atoms with Crippen molar-refractivity contribution in [2.45, 2.75) is 105 Å². The van der Waals surface area contributed by atoms with E-state index in [4.69, 9.17) is 17.2 Å². The quantitative estimate of drug-likeness (QED) is 0.110. The molecular formula is C31H46N4O2S2. The average Bonchev–Trinajstić information content (AvgIpc) is 3.18. The van der Waals surface area contributed by atoms with Crippen LogP contribution in [0.15, 0.2) is 28.0 Å². The molecule has 0 saturated carbocycles. The van der Waals surface area contributed by atoms with Crippen LogP contribution in [-0.2, 0) is 4.79 Å². The van der Waals surface area contributed by atoms with Gasteiger partial charge in [0.2, 0.25) is 0 Å². The monoisotopic (exact) mass is 570 g/mol. The fourth-order valence-corrected chi connectivity index (χ4v) is 6.35. The lowest BCUT2D eigenvalue weighted by atomic mass is 10.1. The van der Waals surface area contributed by atoms with Crippen LogP contribution in [0.25, 0.3) is 11.7 Å². The first-order valence-corrected chi connectivity index (χ1v) is 16.2. The third-order valence-corrected chi connectivity index (χ3v) is 8.53. The molecule has 0 atom stereocenters. The molecule has 0 N–H and O–H groups in total. The molecule has 8 heteroatoms. The normalized spacial score (nSPS) is 14.8. The summed E-state index contributed by atoms with van der Waals surface area (Å²) in [5, 5.41) is 0. The number of aryl methyl sites for hydroxylation is 1. The van der Waals surface area contributed by atoms with Gasteiger partial charge >= 0.3 is 0 Å². The molecule has 6 nitrogen and oxygen atoms in total. The standard InChI is InChI=1S/C31H46N4O2S2/c1-5-8-9-10-11-12-13-14-15-16-21-34-30(37)26(39-31(34)38)22-25-28(33(19-6-2)20-7-3)32-27-18-17-24(4)23-35(27)29(25)36/h17-18,22-23H,5-16,19-21H2,1-4H3/b26-22+. The highest BCUT2D eigenvalue weighted by molar-refractivity contribution is 8.26. The maximum absolute atomic E-state index is 13.7. The summed E-state index contributed by atoms with van der Waals surface area (Å²) in [6.45, 7) is 10.7. The second-order valence-corrected chi connectivity index (χ2v) is 12.3. The Bertz CT molecular complexity index is 1200. The first-order chi connectivity index (χ1) is 18.9. The van der Waals surface area contributed by atoms with Crippen LogP contribution in [0.2, 0.25) is 0 Å². The van der Waals surface area contributed by atoms with E-state index >= 15 is 0 Å². The molecule has 1 aliphatic rings. The second kappa shape index (κ2) is 16.2. The molecule has 1 amide bonds. The number of aromatic nitrogens is 2. The van der Waals surface area contributed by atoms with E-state index in [1.54, 1.807) is 15.4 Å². The van der Waals surface area contributed by atoms with E-state index in [2.05, 4.69) is 25.7 Å². The number of pyridine rings is 1. The van der Waals surface area contributed by atoms with Crippen LogP contribution in [-0.4, -0.2) is 44.1 Å². The van der Waals surface area contributed by atoms with Gasteiger partial charge in [-0.3, -0.25) is 18.9 Å². The highest BCUT2D eigenvalue weighted by Crippen LogP contribution is 2.34. The van der Waals surface area contributed by atoms with Crippen molar-refractivity contribution in [2.24, 2.45) is 0 Å². The number of amides is 1. The van der Waals surface area contributed by atoms with Crippen molar-refractivity contribution >= 4 is 51.7 Å².